The molecule has 1 N–H and O–H groups in total. The van der Waals surface area contributed by atoms with E-state index in [4.69, 9.17) is 0 Å². The number of rotatable bonds is 6. The molecule has 0 fully saturated rings. The first-order valence-electron chi connectivity index (χ1n) is 8.00. The highest BCUT2D eigenvalue weighted by Gasteiger charge is 2.17. The van der Waals surface area contributed by atoms with Crippen LogP contribution in [0.2, 0.25) is 0 Å². The zero-order chi connectivity index (χ0) is 17.5. The van der Waals surface area contributed by atoms with Crippen molar-refractivity contribution in [2.45, 2.75) is 10.9 Å². The molecule has 126 valence electrons. The lowest BCUT2D eigenvalue weighted by molar-refractivity contribution is -0.119. The summed E-state index contributed by atoms with van der Waals surface area (Å²) >= 11 is 1.20. The lowest BCUT2D eigenvalue weighted by Gasteiger charge is -2.20. The summed E-state index contributed by atoms with van der Waals surface area (Å²) in [6, 6.07) is 25.9. The molecule has 0 bridgehead atoms. The third-order valence-corrected chi connectivity index (χ3v) is 4.82. The third-order valence-electron chi connectivity index (χ3n) is 3.77. The zero-order valence-electron chi connectivity index (χ0n) is 13.6. The van der Waals surface area contributed by atoms with Crippen molar-refractivity contribution in [1.82, 2.24) is 5.32 Å². The van der Waals surface area contributed by atoms with Crippen molar-refractivity contribution in [3.8, 4) is 0 Å². The zero-order valence-corrected chi connectivity index (χ0v) is 14.4. The van der Waals surface area contributed by atoms with Crippen LogP contribution in [0, 0.1) is 5.82 Å². The van der Waals surface area contributed by atoms with Gasteiger partial charge in [-0.3, -0.25) is 4.79 Å². The van der Waals surface area contributed by atoms with E-state index in [-0.39, 0.29) is 23.5 Å². The molecule has 0 radical (unpaired) electrons. The van der Waals surface area contributed by atoms with Crippen LogP contribution in [0.5, 0.6) is 0 Å². The molecular formula is C21H18FNOS. The van der Waals surface area contributed by atoms with Crippen molar-refractivity contribution in [2.75, 3.05) is 5.75 Å². The van der Waals surface area contributed by atoms with E-state index >= 15 is 0 Å². The fourth-order valence-electron chi connectivity index (χ4n) is 2.56. The lowest BCUT2D eigenvalue weighted by atomic mass is 9.99. The van der Waals surface area contributed by atoms with E-state index in [9.17, 15) is 9.18 Å². The Morgan fingerprint density at radius 3 is 1.92 bits per heavy atom. The predicted octanol–water partition coefficient (Wildman–Crippen LogP) is 4.82. The minimum Gasteiger partial charge on any atom is -0.344 e. The summed E-state index contributed by atoms with van der Waals surface area (Å²) in [6.45, 7) is 0. The summed E-state index contributed by atoms with van der Waals surface area (Å²) < 4.78 is 13.7. The monoisotopic (exact) mass is 351 g/mol. The van der Waals surface area contributed by atoms with E-state index in [0.29, 0.717) is 4.90 Å². The smallest absolute Gasteiger partial charge is 0.231 e. The van der Waals surface area contributed by atoms with Gasteiger partial charge in [-0.15, -0.1) is 11.8 Å². The molecule has 0 spiro atoms. The number of halogens is 1. The topological polar surface area (TPSA) is 29.1 Å². The van der Waals surface area contributed by atoms with Gasteiger partial charge in [-0.25, -0.2) is 4.39 Å². The van der Waals surface area contributed by atoms with Crippen LogP contribution < -0.4 is 5.32 Å². The lowest BCUT2D eigenvalue weighted by Crippen LogP contribution is -2.30. The molecule has 0 atom stereocenters. The number of thioether (sulfide) groups is 1. The Labute approximate surface area is 151 Å². The van der Waals surface area contributed by atoms with Crippen LogP contribution >= 0.6 is 11.8 Å². The van der Waals surface area contributed by atoms with Crippen molar-refractivity contribution < 1.29 is 9.18 Å². The molecule has 0 aliphatic rings. The van der Waals surface area contributed by atoms with Gasteiger partial charge in [-0.05, 0) is 23.3 Å². The highest BCUT2D eigenvalue weighted by molar-refractivity contribution is 8.00. The van der Waals surface area contributed by atoms with Crippen molar-refractivity contribution in [3.05, 3.63) is 102 Å². The van der Waals surface area contributed by atoms with Crippen LogP contribution in [-0.2, 0) is 4.79 Å². The summed E-state index contributed by atoms with van der Waals surface area (Å²) in [5.74, 6) is -0.272. The Bertz CT molecular complexity index is 784. The Hall–Kier alpha value is -2.59. The molecule has 25 heavy (non-hydrogen) atoms. The van der Waals surface area contributed by atoms with Crippen LogP contribution in [0.3, 0.4) is 0 Å². The van der Waals surface area contributed by atoms with Crippen molar-refractivity contribution in [1.29, 1.82) is 0 Å². The molecule has 0 aromatic heterocycles. The van der Waals surface area contributed by atoms with E-state index in [1.165, 1.54) is 17.8 Å². The van der Waals surface area contributed by atoms with Crippen LogP contribution in [0.25, 0.3) is 0 Å². The van der Waals surface area contributed by atoms with Crippen molar-refractivity contribution in [2.24, 2.45) is 0 Å². The minimum atomic E-state index is -0.303. The number of hydrogen-bond acceptors (Lipinski definition) is 2. The first-order valence-corrected chi connectivity index (χ1v) is 8.99. The van der Waals surface area contributed by atoms with E-state index in [0.717, 1.165) is 11.1 Å². The second-order valence-corrected chi connectivity index (χ2v) is 6.56. The van der Waals surface area contributed by atoms with E-state index in [1.54, 1.807) is 18.2 Å². The Kier molecular flexibility index (Phi) is 5.86. The molecule has 3 aromatic rings. The Morgan fingerprint density at radius 2 is 1.36 bits per heavy atom. The second-order valence-electron chi connectivity index (χ2n) is 5.54. The van der Waals surface area contributed by atoms with E-state index < -0.39 is 0 Å². The average molecular weight is 351 g/mol. The Morgan fingerprint density at radius 1 is 0.840 bits per heavy atom. The van der Waals surface area contributed by atoms with Gasteiger partial charge in [0.15, 0.2) is 0 Å². The molecule has 3 rings (SSSR count). The molecule has 4 heteroatoms. The molecule has 0 saturated carbocycles. The van der Waals surface area contributed by atoms with Gasteiger partial charge >= 0.3 is 0 Å². The minimum absolute atomic E-state index is 0.133. The third kappa shape index (κ3) is 4.70. The standard InChI is InChI=1S/C21H18FNOS/c22-18-13-7-8-14-19(18)25-15-20(24)23-21(16-9-3-1-4-10-16)17-11-5-2-6-12-17/h1-14,21H,15H2,(H,23,24). The van der Waals surface area contributed by atoms with Crippen LogP contribution in [-0.4, -0.2) is 11.7 Å². The first kappa shape index (κ1) is 17.2. The maximum Gasteiger partial charge on any atom is 0.231 e. The summed E-state index contributed by atoms with van der Waals surface area (Å²) in [7, 11) is 0. The van der Waals surface area contributed by atoms with Crippen molar-refractivity contribution >= 4 is 17.7 Å². The van der Waals surface area contributed by atoms with Crippen LogP contribution in [0.1, 0.15) is 17.2 Å². The number of carbonyl (C=O) groups excluding carboxylic acids is 1. The Balaban J connectivity index is 1.72. The van der Waals surface area contributed by atoms with Gasteiger partial charge in [0.25, 0.3) is 0 Å². The number of carbonyl (C=O) groups is 1. The van der Waals surface area contributed by atoms with Gasteiger partial charge in [-0.1, -0.05) is 72.8 Å². The van der Waals surface area contributed by atoms with Crippen LogP contribution in [0.4, 0.5) is 4.39 Å². The largest absolute Gasteiger partial charge is 0.344 e. The normalized spacial score (nSPS) is 10.6. The predicted molar refractivity (Wildman–Crippen MR) is 100.0 cm³/mol. The molecule has 0 aliphatic heterocycles. The SMILES string of the molecule is O=C(CSc1ccccc1F)NC(c1ccccc1)c1ccccc1. The second kappa shape index (κ2) is 8.49. The van der Waals surface area contributed by atoms with Gasteiger partial charge in [0, 0.05) is 4.90 Å². The molecule has 0 saturated heterocycles. The molecule has 0 aliphatic carbocycles. The van der Waals surface area contributed by atoms with Crippen molar-refractivity contribution in [3.63, 3.8) is 0 Å². The van der Waals surface area contributed by atoms with Crippen LogP contribution in [0.15, 0.2) is 89.8 Å². The average Bonchev–Trinajstić information content (AvgIpc) is 2.67. The number of amides is 1. The number of nitrogens with one attached hydrogen (secondary N) is 1. The van der Waals surface area contributed by atoms with E-state index in [1.807, 2.05) is 60.7 Å². The maximum absolute atomic E-state index is 13.7. The molecule has 0 heterocycles. The molecule has 1 amide bonds. The summed E-state index contributed by atoms with van der Waals surface area (Å²) in [6.07, 6.45) is 0. The van der Waals surface area contributed by atoms with Gasteiger partial charge in [-0.2, -0.15) is 0 Å². The van der Waals surface area contributed by atoms with Gasteiger partial charge < -0.3 is 5.32 Å². The van der Waals surface area contributed by atoms with Gasteiger partial charge in [0.05, 0.1) is 11.8 Å². The van der Waals surface area contributed by atoms with Gasteiger partial charge in [0.2, 0.25) is 5.91 Å². The molecule has 3 aromatic carbocycles. The summed E-state index contributed by atoms with van der Waals surface area (Å²) in [4.78, 5) is 12.9. The fourth-order valence-corrected chi connectivity index (χ4v) is 3.31. The summed E-state index contributed by atoms with van der Waals surface area (Å²) in [5.41, 5.74) is 2.02. The highest BCUT2D eigenvalue weighted by atomic mass is 32.2. The quantitative estimate of drug-likeness (QED) is 0.645. The number of hydrogen-bond donors (Lipinski definition) is 1. The van der Waals surface area contributed by atoms with Gasteiger partial charge in [0.1, 0.15) is 5.82 Å². The first-order chi connectivity index (χ1) is 12.2. The number of benzene rings is 3. The van der Waals surface area contributed by atoms with E-state index in [2.05, 4.69) is 5.32 Å². The fraction of sp³-hybridized carbons (Fsp3) is 0.0952. The molecule has 0 unspecified atom stereocenters. The maximum atomic E-state index is 13.7. The highest BCUT2D eigenvalue weighted by Crippen LogP contribution is 2.24. The summed E-state index contributed by atoms with van der Waals surface area (Å²) in [5, 5.41) is 3.06. The molecular weight excluding hydrogens is 333 g/mol. The molecule has 2 nitrogen and oxygen atoms in total.